The van der Waals surface area contributed by atoms with Gasteiger partial charge in [0.1, 0.15) is 11.5 Å². The molecule has 3 aliphatic rings. The van der Waals surface area contributed by atoms with E-state index in [0.29, 0.717) is 24.1 Å². The predicted octanol–water partition coefficient (Wildman–Crippen LogP) is 2.72. The first-order valence-electron chi connectivity index (χ1n) is 9.09. The molecule has 7 heteroatoms. The summed E-state index contributed by atoms with van der Waals surface area (Å²) >= 11 is 0. The van der Waals surface area contributed by atoms with E-state index in [4.69, 9.17) is 4.74 Å². The first-order valence-corrected chi connectivity index (χ1v) is 9.09. The van der Waals surface area contributed by atoms with E-state index in [-0.39, 0.29) is 17.7 Å². The first-order chi connectivity index (χ1) is 12.6. The van der Waals surface area contributed by atoms with Crippen LogP contribution in [0.4, 0.5) is 8.78 Å². The molecule has 1 saturated carbocycles. The maximum atomic E-state index is 14.3. The molecule has 2 aromatic rings. The molecule has 5 rings (SSSR count). The molecule has 0 radical (unpaired) electrons. The van der Waals surface area contributed by atoms with Crippen molar-refractivity contribution in [3.05, 3.63) is 46.8 Å². The summed E-state index contributed by atoms with van der Waals surface area (Å²) in [6.45, 7) is 1.19. The third-order valence-electron chi connectivity index (χ3n) is 5.63. The maximum absolute atomic E-state index is 14.3. The van der Waals surface area contributed by atoms with Crippen molar-refractivity contribution in [3.63, 3.8) is 0 Å². The van der Waals surface area contributed by atoms with Crippen LogP contribution >= 0.6 is 0 Å². The number of ether oxygens (including phenoxy) is 1. The molecule has 1 aromatic heterocycles. The van der Waals surface area contributed by atoms with Crippen LogP contribution in [0.5, 0.6) is 0 Å². The molecule has 2 aliphatic carbocycles. The van der Waals surface area contributed by atoms with Crippen molar-refractivity contribution in [1.29, 1.82) is 0 Å². The number of carbonyl (C=O) groups is 1. The van der Waals surface area contributed by atoms with E-state index in [0.717, 1.165) is 49.6 Å². The van der Waals surface area contributed by atoms with Crippen LogP contribution in [0.25, 0.3) is 5.69 Å². The molecule has 0 bridgehead atoms. The Morgan fingerprint density at radius 3 is 3.04 bits per heavy atom. The molecular weight excluding hydrogens is 340 g/mol. The van der Waals surface area contributed by atoms with E-state index < -0.39 is 11.6 Å². The van der Waals surface area contributed by atoms with Crippen molar-refractivity contribution in [1.82, 2.24) is 15.1 Å². The molecule has 1 unspecified atom stereocenters. The highest BCUT2D eigenvalue weighted by Crippen LogP contribution is 2.57. The molecule has 3 atom stereocenters. The van der Waals surface area contributed by atoms with Crippen molar-refractivity contribution < 1.29 is 18.3 Å². The van der Waals surface area contributed by atoms with Crippen LogP contribution in [-0.4, -0.2) is 34.9 Å². The van der Waals surface area contributed by atoms with Crippen molar-refractivity contribution in [3.8, 4) is 5.69 Å². The average molecular weight is 359 g/mol. The Labute approximate surface area is 149 Å². The summed E-state index contributed by atoms with van der Waals surface area (Å²) < 4.78 is 34.6. The molecule has 26 heavy (non-hydrogen) atoms. The Bertz CT molecular complexity index is 889. The third-order valence-corrected chi connectivity index (χ3v) is 5.63. The molecule has 2 heterocycles. The zero-order chi connectivity index (χ0) is 17.8. The molecule has 0 spiro atoms. The second kappa shape index (κ2) is 5.87. The summed E-state index contributed by atoms with van der Waals surface area (Å²) in [6.07, 6.45) is 3.84. The lowest BCUT2D eigenvalue weighted by molar-refractivity contribution is 0.0852. The van der Waals surface area contributed by atoms with Gasteiger partial charge >= 0.3 is 0 Å². The zero-order valence-corrected chi connectivity index (χ0v) is 14.2. The quantitative estimate of drug-likeness (QED) is 0.913. The van der Waals surface area contributed by atoms with Gasteiger partial charge in [0.05, 0.1) is 11.8 Å². The van der Waals surface area contributed by atoms with Gasteiger partial charge in [0.15, 0.2) is 11.5 Å². The molecule has 1 N–H and O–H groups in total. The minimum Gasteiger partial charge on any atom is -0.376 e. The lowest BCUT2D eigenvalue weighted by atomic mass is 10.1. The predicted molar refractivity (Wildman–Crippen MR) is 89.3 cm³/mol. The van der Waals surface area contributed by atoms with Gasteiger partial charge < -0.3 is 10.1 Å². The summed E-state index contributed by atoms with van der Waals surface area (Å²) in [4.78, 5) is 12.7. The van der Waals surface area contributed by atoms with Crippen LogP contribution in [0.2, 0.25) is 0 Å². The van der Waals surface area contributed by atoms with Crippen molar-refractivity contribution in [2.75, 3.05) is 13.2 Å². The van der Waals surface area contributed by atoms with Gasteiger partial charge in [-0.25, -0.2) is 13.5 Å². The number of aromatic nitrogens is 2. The number of nitrogens with zero attached hydrogens (tertiary/aromatic N) is 2. The van der Waals surface area contributed by atoms with E-state index in [1.807, 2.05) is 0 Å². The Hall–Kier alpha value is -2.28. The van der Waals surface area contributed by atoms with Gasteiger partial charge in [-0.3, -0.25) is 4.79 Å². The molecule has 1 amide bonds. The van der Waals surface area contributed by atoms with Crippen LogP contribution < -0.4 is 5.32 Å². The number of fused-ring (bicyclic) bond motifs is 3. The molecule has 1 aliphatic heterocycles. The number of nitrogens with one attached hydrogen (secondary N) is 1. The van der Waals surface area contributed by atoms with Gasteiger partial charge in [-0.05, 0) is 43.7 Å². The van der Waals surface area contributed by atoms with E-state index in [9.17, 15) is 13.6 Å². The number of rotatable bonds is 4. The molecule has 1 aromatic carbocycles. The monoisotopic (exact) mass is 359 g/mol. The first kappa shape index (κ1) is 15.9. The van der Waals surface area contributed by atoms with E-state index in [1.54, 1.807) is 0 Å². The van der Waals surface area contributed by atoms with Gasteiger partial charge in [-0.1, -0.05) is 0 Å². The Morgan fingerprint density at radius 1 is 1.38 bits per heavy atom. The highest BCUT2D eigenvalue weighted by molar-refractivity contribution is 5.94. The highest BCUT2D eigenvalue weighted by atomic mass is 19.1. The number of halogens is 2. The maximum Gasteiger partial charge on any atom is 0.272 e. The van der Waals surface area contributed by atoms with Gasteiger partial charge in [0.2, 0.25) is 0 Å². The van der Waals surface area contributed by atoms with Crippen molar-refractivity contribution in [2.45, 2.75) is 37.7 Å². The normalized spacial score (nSPS) is 25.8. The van der Waals surface area contributed by atoms with E-state index >= 15 is 0 Å². The topological polar surface area (TPSA) is 56.1 Å². The smallest absolute Gasteiger partial charge is 0.272 e. The lowest BCUT2D eigenvalue weighted by Crippen LogP contribution is -2.32. The third kappa shape index (κ3) is 2.53. The van der Waals surface area contributed by atoms with Crippen LogP contribution in [0.3, 0.4) is 0 Å². The van der Waals surface area contributed by atoms with Crippen LogP contribution in [-0.2, 0) is 11.2 Å². The standard InChI is InChI=1S/C19H19F2N3O2/c20-11-3-4-16(15(21)8-11)24-18-13-6-10(13)7-14(18)17(23-24)19(25)22-9-12-2-1-5-26-12/h3-4,8,10,12-13H,1-2,5-7,9H2,(H,22,25)/t10-,12?,13-/m1/s1. The summed E-state index contributed by atoms with van der Waals surface area (Å²) in [5.74, 6) is -0.719. The van der Waals surface area contributed by atoms with Gasteiger partial charge in [-0.2, -0.15) is 5.10 Å². The number of hydrogen-bond acceptors (Lipinski definition) is 3. The summed E-state index contributed by atoms with van der Waals surface area (Å²) in [5.41, 5.74) is 2.35. The second-order valence-electron chi connectivity index (χ2n) is 7.37. The largest absolute Gasteiger partial charge is 0.376 e. The van der Waals surface area contributed by atoms with Crippen LogP contribution in [0, 0.1) is 17.6 Å². The van der Waals surface area contributed by atoms with Gasteiger partial charge in [-0.15, -0.1) is 0 Å². The number of hydrogen-bond donors (Lipinski definition) is 1. The van der Waals surface area contributed by atoms with Gasteiger partial charge in [0.25, 0.3) is 5.91 Å². The Kier molecular flexibility index (Phi) is 3.60. The Morgan fingerprint density at radius 2 is 2.27 bits per heavy atom. The van der Waals surface area contributed by atoms with Gasteiger partial charge in [0, 0.05) is 30.7 Å². The van der Waals surface area contributed by atoms with Crippen LogP contribution in [0.1, 0.15) is 46.9 Å². The molecular formula is C19H19F2N3O2. The molecule has 2 fully saturated rings. The minimum atomic E-state index is -0.675. The van der Waals surface area contributed by atoms with E-state index in [1.165, 1.54) is 16.8 Å². The zero-order valence-electron chi connectivity index (χ0n) is 14.2. The fraction of sp³-hybridized carbons (Fsp3) is 0.474. The fourth-order valence-electron chi connectivity index (χ4n) is 4.23. The number of benzene rings is 1. The summed E-state index contributed by atoms with van der Waals surface area (Å²) in [6, 6.07) is 3.44. The minimum absolute atomic E-state index is 0.0528. The summed E-state index contributed by atoms with van der Waals surface area (Å²) in [7, 11) is 0. The van der Waals surface area contributed by atoms with Crippen molar-refractivity contribution >= 4 is 5.91 Å². The average Bonchev–Trinajstić information content (AvgIpc) is 3.01. The SMILES string of the molecule is O=C(NCC1CCCO1)c1nn(-c2ccc(F)cc2F)c2c1C[C@H]1C[C@@H]21. The molecule has 5 nitrogen and oxygen atoms in total. The molecule has 136 valence electrons. The number of amides is 1. The van der Waals surface area contributed by atoms with Crippen molar-refractivity contribution in [2.24, 2.45) is 5.92 Å². The highest BCUT2D eigenvalue weighted by Gasteiger charge is 2.50. The second-order valence-corrected chi connectivity index (χ2v) is 7.37. The number of carbonyl (C=O) groups excluding carboxylic acids is 1. The Balaban J connectivity index is 1.47. The lowest BCUT2D eigenvalue weighted by Gasteiger charge is -2.10. The summed E-state index contributed by atoms with van der Waals surface area (Å²) in [5, 5.41) is 7.31. The molecule has 1 saturated heterocycles. The van der Waals surface area contributed by atoms with E-state index in [2.05, 4.69) is 10.4 Å². The van der Waals surface area contributed by atoms with Crippen LogP contribution in [0.15, 0.2) is 18.2 Å². The fourth-order valence-corrected chi connectivity index (χ4v) is 4.23.